The zero-order chi connectivity index (χ0) is 8.32. The minimum Gasteiger partial charge on any atom is -0.340 e. The molecule has 0 amide bonds. The van der Waals surface area contributed by atoms with Crippen molar-refractivity contribution in [3.8, 4) is 0 Å². The number of aromatic amines is 1. The summed E-state index contributed by atoms with van der Waals surface area (Å²) in [6.45, 7) is 0. The van der Waals surface area contributed by atoms with Crippen LogP contribution in [0.15, 0.2) is 17.6 Å². The van der Waals surface area contributed by atoms with Gasteiger partial charge in [0.1, 0.15) is 0 Å². The van der Waals surface area contributed by atoms with Crippen molar-refractivity contribution in [2.24, 2.45) is 0 Å². The zero-order valence-electron chi connectivity index (χ0n) is 5.35. The smallest absolute Gasteiger partial charge is 0.199 e. The highest BCUT2D eigenvalue weighted by atomic mass is 35.6. The first-order valence-corrected chi connectivity index (χ1v) is 4.89. The van der Waals surface area contributed by atoms with Gasteiger partial charge in [-0.1, -0.05) is 46.6 Å². The molecule has 62 valence electrons. The van der Waals surface area contributed by atoms with Gasteiger partial charge < -0.3 is 4.98 Å². The van der Waals surface area contributed by atoms with Crippen LogP contribution in [-0.2, 0) is 0 Å². The van der Waals surface area contributed by atoms with Crippen LogP contribution in [0.4, 0.5) is 0 Å². The van der Waals surface area contributed by atoms with Gasteiger partial charge in [0.25, 0.3) is 0 Å². The first-order chi connectivity index (χ1) is 5.08. The topological polar surface area (TPSA) is 28.7 Å². The number of nitrogens with one attached hydrogen (secondary N) is 1. The summed E-state index contributed by atoms with van der Waals surface area (Å²) in [6, 6.07) is 0. The maximum atomic E-state index is 5.52. The second-order valence-corrected chi connectivity index (χ2v) is 5.28. The van der Waals surface area contributed by atoms with Gasteiger partial charge in [-0.2, -0.15) is 0 Å². The Morgan fingerprint density at radius 3 is 2.73 bits per heavy atom. The van der Waals surface area contributed by atoms with Crippen LogP contribution < -0.4 is 0 Å². The van der Waals surface area contributed by atoms with Crippen molar-refractivity contribution < 1.29 is 0 Å². The number of alkyl halides is 3. The van der Waals surface area contributed by atoms with E-state index in [9.17, 15) is 0 Å². The molecule has 0 aromatic carbocycles. The first-order valence-electron chi connectivity index (χ1n) is 2.77. The number of halogens is 3. The molecular weight excluding hydrogens is 226 g/mol. The lowest BCUT2D eigenvalue weighted by Gasteiger charge is -2.07. The highest BCUT2D eigenvalue weighted by Gasteiger charge is 2.19. The monoisotopic (exact) mass is 230 g/mol. The Hall–Kier alpha value is 0.430. The normalized spacial score (nSPS) is 11.9. The third kappa shape index (κ3) is 4.11. The summed E-state index contributed by atoms with van der Waals surface area (Å²) in [5, 5.41) is 0.760. The maximum Gasteiger partial charge on any atom is 0.199 e. The molecule has 1 N–H and O–H groups in total. The predicted molar refractivity (Wildman–Crippen MR) is 49.6 cm³/mol. The van der Waals surface area contributed by atoms with E-state index < -0.39 is 3.79 Å². The van der Waals surface area contributed by atoms with Crippen molar-refractivity contribution in [1.29, 1.82) is 0 Å². The van der Waals surface area contributed by atoms with E-state index in [2.05, 4.69) is 9.97 Å². The van der Waals surface area contributed by atoms with E-state index in [0.717, 1.165) is 5.16 Å². The minimum atomic E-state index is -1.21. The molecule has 0 saturated carbocycles. The van der Waals surface area contributed by atoms with E-state index in [1.165, 1.54) is 11.8 Å². The Balaban J connectivity index is 2.35. The highest BCUT2D eigenvalue weighted by molar-refractivity contribution is 7.99. The number of H-pyrrole nitrogens is 1. The molecule has 0 radical (unpaired) electrons. The van der Waals surface area contributed by atoms with E-state index in [-0.39, 0.29) is 0 Å². The van der Waals surface area contributed by atoms with Crippen LogP contribution in [0.3, 0.4) is 0 Å². The second kappa shape index (κ2) is 3.90. The first kappa shape index (κ1) is 9.52. The fraction of sp³-hybridized carbons (Fsp3) is 0.400. The Bertz CT molecular complexity index is 206. The quantitative estimate of drug-likeness (QED) is 0.626. The third-order valence-corrected chi connectivity index (χ3v) is 2.80. The molecule has 0 unspecified atom stereocenters. The number of aromatic nitrogens is 2. The Labute approximate surface area is 83.6 Å². The van der Waals surface area contributed by atoms with Crippen LogP contribution in [0.1, 0.15) is 0 Å². The lowest BCUT2D eigenvalue weighted by Crippen LogP contribution is -2.05. The van der Waals surface area contributed by atoms with Crippen LogP contribution >= 0.6 is 46.6 Å². The standard InChI is InChI=1S/C5H5Cl3N2S/c6-5(7,8)3-11-4-9-1-2-10-4/h1-2H,3H2,(H,9,10). The Morgan fingerprint density at radius 1 is 1.55 bits per heavy atom. The van der Waals surface area contributed by atoms with Crippen LogP contribution in [0.25, 0.3) is 0 Å². The summed E-state index contributed by atoms with van der Waals surface area (Å²) in [7, 11) is 0. The van der Waals surface area contributed by atoms with Gasteiger partial charge in [0.05, 0.1) is 0 Å². The van der Waals surface area contributed by atoms with E-state index in [1.54, 1.807) is 12.4 Å². The van der Waals surface area contributed by atoms with E-state index in [4.69, 9.17) is 34.8 Å². The molecule has 0 atom stereocenters. The van der Waals surface area contributed by atoms with Crippen molar-refractivity contribution in [3.05, 3.63) is 12.4 Å². The van der Waals surface area contributed by atoms with Gasteiger partial charge in [0.2, 0.25) is 0 Å². The van der Waals surface area contributed by atoms with Crippen LogP contribution in [0.2, 0.25) is 0 Å². The van der Waals surface area contributed by atoms with Crippen molar-refractivity contribution in [2.45, 2.75) is 8.95 Å². The van der Waals surface area contributed by atoms with Crippen molar-refractivity contribution >= 4 is 46.6 Å². The number of thioether (sulfide) groups is 1. The van der Waals surface area contributed by atoms with Gasteiger partial charge in [-0.3, -0.25) is 0 Å². The molecule has 0 aliphatic carbocycles. The Morgan fingerprint density at radius 2 is 2.27 bits per heavy atom. The molecule has 11 heavy (non-hydrogen) atoms. The maximum absolute atomic E-state index is 5.52. The molecule has 1 rings (SSSR count). The third-order valence-electron chi connectivity index (χ3n) is 0.846. The summed E-state index contributed by atoms with van der Waals surface area (Å²) < 4.78 is -1.21. The SMILES string of the molecule is ClC(Cl)(Cl)CSc1ncc[nH]1. The summed E-state index contributed by atoms with van der Waals surface area (Å²) in [5.41, 5.74) is 0. The van der Waals surface area contributed by atoms with Crippen molar-refractivity contribution in [3.63, 3.8) is 0 Å². The van der Waals surface area contributed by atoms with Crippen LogP contribution in [-0.4, -0.2) is 19.5 Å². The number of imidazole rings is 1. The van der Waals surface area contributed by atoms with E-state index >= 15 is 0 Å². The largest absolute Gasteiger partial charge is 0.340 e. The molecule has 0 spiro atoms. The molecule has 2 nitrogen and oxygen atoms in total. The van der Waals surface area contributed by atoms with Gasteiger partial charge >= 0.3 is 0 Å². The highest BCUT2D eigenvalue weighted by Crippen LogP contribution is 2.32. The lowest BCUT2D eigenvalue weighted by atomic mass is 10.9. The molecule has 1 aromatic heterocycles. The zero-order valence-corrected chi connectivity index (χ0v) is 8.44. The van der Waals surface area contributed by atoms with Crippen LogP contribution in [0.5, 0.6) is 0 Å². The molecule has 0 bridgehead atoms. The van der Waals surface area contributed by atoms with Gasteiger partial charge in [0.15, 0.2) is 8.95 Å². The summed E-state index contributed by atoms with van der Waals surface area (Å²) in [5.74, 6) is 0.394. The van der Waals surface area contributed by atoms with Gasteiger partial charge in [-0.15, -0.1) is 0 Å². The molecule has 0 aliphatic rings. The minimum absolute atomic E-state index is 0.394. The molecule has 1 aromatic rings. The summed E-state index contributed by atoms with van der Waals surface area (Å²) in [6.07, 6.45) is 3.38. The average Bonchev–Trinajstić information content (AvgIpc) is 2.32. The van der Waals surface area contributed by atoms with E-state index in [1.807, 2.05) is 0 Å². The molecule has 0 saturated heterocycles. The van der Waals surface area contributed by atoms with Crippen molar-refractivity contribution in [2.75, 3.05) is 5.75 Å². The molecule has 6 heteroatoms. The molecule has 1 heterocycles. The molecule has 0 aliphatic heterocycles. The summed E-state index contributed by atoms with van der Waals surface area (Å²) >= 11 is 17.9. The van der Waals surface area contributed by atoms with Gasteiger partial charge in [0, 0.05) is 18.1 Å². The molecule has 0 fully saturated rings. The fourth-order valence-corrected chi connectivity index (χ4v) is 1.56. The van der Waals surface area contributed by atoms with Gasteiger partial charge in [-0.05, 0) is 0 Å². The van der Waals surface area contributed by atoms with Crippen LogP contribution in [0, 0.1) is 0 Å². The lowest BCUT2D eigenvalue weighted by molar-refractivity contribution is 1.05. The number of nitrogens with zero attached hydrogens (tertiary/aromatic N) is 1. The summed E-state index contributed by atoms with van der Waals surface area (Å²) in [4.78, 5) is 6.84. The van der Waals surface area contributed by atoms with Crippen molar-refractivity contribution in [1.82, 2.24) is 9.97 Å². The predicted octanol–water partition coefficient (Wildman–Crippen LogP) is 2.87. The fourth-order valence-electron chi connectivity index (χ4n) is 0.480. The number of hydrogen-bond acceptors (Lipinski definition) is 2. The Kier molecular flexibility index (Phi) is 3.37. The number of rotatable bonds is 2. The van der Waals surface area contributed by atoms with Gasteiger partial charge in [-0.25, -0.2) is 4.98 Å². The second-order valence-electron chi connectivity index (χ2n) is 1.80. The average molecular weight is 232 g/mol. The molecular formula is C5H5Cl3N2S. The van der Waals surface area contributed by atoms with E-state index in [0.29, 0.717) is 5.75 Å². The number of hydrogen-bond donors (Lipinski definition) is 1.